The van der Waals surface area contributed by atoms with Gasteiger partial charge >= 0.3 is 11.9 Å². The van der Waals surface area contributed by atoms with Gasteiger partial charge in [0.15, 0.2) is 8.32 Å². The first-order valence-electron chi connectivity index (χ1n) is 7.31. The molecule has 0 bridgehead atoms. The van der Waals surface area contributed by atoms with E-state index in [1.54, 1.807) is 13.1 Å². The fourth-order valence-corrected chi connectivity index (χ4v) is 10.6. The first-order chi connectivity index (χ1) is 9.81. The summed E-state index contributed by atoms with van der Waals surface area (Å²) in [6.07, 6.45) is 0.224. The summed E-state index contributed by atoms with van der Waals surface area (Å²) in [6, 6.07) is 0. The van der Waals surface area contributed by atoms with Crippen LogP contribution in [0.4, 0.5) is 0 Å². The van der Waals surface area contributed by atoms with Crippen LogP contribution in [0.25, 0.3) is 0 Å². The molecule has 0 rings (SSSR count). The zero-order valence-electron chi connectivity index (χ0n) is 14.3. The summed E-state index contributed by atoms with van der Waals surface area (Å²) in [5.41, 5.74) is 0. The SMILES string of the molecule is C=CC(=O)OC(=O)C(O)(C(O)CCC)[Si](C)(C)O[Si](C)(C)C. The molecule has 0 amide bonds. The van der Waals surface area contributed by atoms with Crippen LogP contribution in [0.5, 0.6) is 0 Å². The molecule has 2 N–H and O–H groups in total. The minimum atomic E-state index is -3.13. The number of esters is 2. The van der Waals surface area contributed by atoms with E-state index in [1.165, 1.54) is 0 Å². The minimum Gasteiger partial charge on any atom is -0.454 e. The highest BCUT2D eigenvalue weighted by Gasteiger charge is 2.60. The highest BCUT2D eigenvalue weighted by Crippen LogP contribution is 2.32. The van der Waals surface area contributed by atoms with Crippen LogP contribution in [0, 0.1) is 0 Å². The van der Waals surface area contributed by atoms with E-state index in [0.29, 0.717) is 6.42 Å². The Hall–Kier alpha value is -0.806. The predicted molar refractivity (Wildman–Crippen MR) is 89.1 cm³/mol. The van der Waals surface area contributed by atoms with Crippen molar-refractivity contribution in [3.05, 3.63) is 12.7 Å². The Morgan fingerprint density at radius 1 is 1.27 bits per heavy atom. The molecule has 0 saturated carbocycles. The van der Waals surface area contributed by atoms with E-state index in [2.05, 4.69) is 11.3 Å². The van der Waals surface area contributed by atoms with Gasteiger partial charge in [-0.3, -0.25) is 0 Å². The Kier molecular flexibility index (Phi) is 7.37. The van der Waals surface area contributed by atoms with Gasteiger partial charge in [-0.05, 0) is 39.2 Å². The molecule has 0 aromatic heterocycles. The van der Waals surface area contributed by atoms with Gasteiger partial charge in [0, 0.05) is 6.08 Å². The van der Waals surface area contributed by atoms with Crippen molar-refractivity contribution in [3.63, 3.8) is 0 Å². The zero-order valence-corrected chi connectivity index (χ0v) is 16.3. The Morgan fingerprint density at radius 3 is 2.14 bits per heavy atom. The monoisotopic (exact) mass is 348 g/mol. The number of hydrogen-bond donors (Lipinski definition) is 2. The maximum atomic E-state index is 12.4. The lowest BCUT2D eigenvalue weighted by Crippen LogP contribution is -2.70. The molecule has 0 aliphatic heterocycles. The van der Waals surface area contributed by atoms with Crippen LogP contribution in [0.3, 0.4) is 0 Å². The second kappa shape index (κ2) is 7.65. The van der Waals surface area contributed by atoms with Crippen molar-refractivity contribution >= 4 is 28.6 Å². The van der Waals surface area contributed by atoms with Crippen LogP contribution in [-0.4, -0.2) is 50.1 Å². The molecule has 6 nitrogen and oxygen atoms in total. The smallest absolute Gasteiger partial charge is 0.348 e. The van der Waals surface area contributed by atoms with Gasteiger partial charge in [-0.2, -0.15) is 0 Å². The van der Waals surface area contributed by atoms with Gasteiger partial charge in [-0.1, -0.05) is 19.9 Å². The molecular weight excluding hydrogens is 320 g/mol. The lowest BCUT2D eigenvalue weighted by atomic mass is 10.1. The molecule has 0 radical (unpaired) electrons. The number of aliphatic hydroxyl groups is 2. The van der Waals surface area contributed by atoms with E-state index in [4.69, 9.17) is 4.12 Å². The van der Waals surface area contributed by atoms with Crippen LogP contribution in [0.1, 0.15) is 19.8 Å². The summed E-state index contributed by atoms with van der Waals surface area (Å²) in [7, 11) is -5.22. The van der Waals surface area contributed by atoms with E-state index in [1.807, 2.05) is 26.6 Å². The Labute approximate surface area is 134 Å². The van der Waals surface area contributed by atoms with E-state index < -0.39 is 39.9 Å². The zero-order chi connectivity index (χ0) is 17.8. The summed E-state index contributed by atoms with van der Waals surface area (Å²) in [5.74, 6) is -2.14. The molecule has 2 atom stereocenters. The van der Waals surface area contributed by atoms with Gasteiger partial charge < -0.3 is 19.1 Å². The van der Waals surface area contributed by atoms with E-state index >= 15 is 0 Å². The summed E-state index contributed by atoms with van der Waals surface area (Å²) >= 11 is 0. The average molecular weight is 349 g/mol. The highest BCUT2D eigenvalue weighted by molar-refractivity contribution is 6.87. The third-order valence-electron chi connectivity index (χ3n) is 3.19. The highest BCUT2D eigenvalue weighted by atomic mass is 28.4. The number of aliphatic hydroxyl groups excluding tert-OH is 1. The number of carbonyl (C=O) groups is 2. The number of carbonyl (C=O) groups excluding carboxylic acids is 2. The van der Waals surface area contributed by atoms with Crippen molar-refractivity contribution < 1.29 is 28.7 Å². The molecule has 0 saturated heterocycles. The van der Waals surface area contributed by atoms with Crippen LogP contribution in [-0.2, 0) is 18.4 Å². The molecule has 0 spiro atoms. The molecule has 22 heavy (non-hydrogen) atoms. The maximum Gasteiger partial charge on any atom is 0.348 e. The number of rotatable bonds is 8. The summed E-state index contributed by atoms with van der Waals surface area (Å²) < 4.78 is 10.6. The van der Waals surface area contributed by atoms with Gasteiger partial charge in [0.2, 0.25) is 13.5 Å². The molecule has 0 aliphatic carbocycles. The minimum absolute atomic E-state index is 0.194. The van der Waals surface area contributed by atoms with Crippen molar-refractivity contribution in [3.8, 4) is 0 Å². The van der Waals surface area contributed by atoms with Crippen LogP contribution < -0.4 is 0 Å². The fourth-order valence-electron chi connectivity index (χ4n) is 2.32. The normalized spacial score (nSPS) is 16.5. The van der Waals surface area contributed by atoms with Crippen molar-refractivity contribution in [2.45, 2.75) is 63.8 Å². The molecule has 0 fully saturated rings. The number of ether oxygens (including phenoxy) is 1. The topological polar surface area (TPSA) is 93.1 Å². The lowest BCUT2D eigenvalue weighted by molar-refractivity contribution is -0.173. The van der Waals surface area contributed by atoms with E-state index in [9.17, 15) is 19.8 Å². The second-order valence-electron chi connectivity index (χ2n) is 6.71. The van der Waals surface area contributed by atoms with E-state index in [-0.39, 0.29) is 6.42 Å². The van der Waals surface area contributed by atoms with Gasteiger partial charge in [-0.15, -0.1) is 0 Å². The van der Waals surface area contributed by atoms with Gasteiger partial charge in [0.1, 0.15) is 0 Å². The van der Waals surface area contributed by atoms with E-state index in [0.717, 1.165) is 6.08 Å². The fraction of sp³-hybridized carbons (Fsp3) is 0.714. The first kappa shape index (κ1) is 21.2. The van der Waals surface area contributed by atoms with Gasteiger partial charge in [-0.25, -0.2) is 9.59 Å². The van der Waals surface area contributed by atoms with Crippen LogP contribution in [0.2, 0.25) is 32.7 Å². The van der Waals surface area contributed by atoms with Crippen LogP contribution >= 0.6 is 0 Å². The first-order valence-corrected chi connectivity index (χ1v) is 13.6. The Bertz CT molecular complexity index is 430. The van der Waals surface area contributed by atoms with Crippen molar-refractivity contribution in [1.29, 1.82) is 0 Å². The summed E-state index contributed by atoms with van der Waals surface area (Å²) in [6.45, 7) is 14.1. The molecule has 0 aromatic carbocycles. The molecule has 0 aliphatic rings. The largest absolute Gasteiger partial charge is 0.454 e. The second-order valence-corrected chi connectivity index (χ2v) is 15.5. The van der Waals surface area contributed by atoms with Crippen molar-refractivity contribution in [2.24, 2.45) is 0 Å². The summed E-state index contributed by atoms with van der Waals surface area (Å²) in [4.78, 5) is 23.6. The average Bonchev–Trinajstić information content (AvgIpc) is 2.34. The third kappa shape index (κ3) is 5.13. The molecule has 0 aromatic rings. The third-order valence-corrected chi connectivity index (χ3v) is 10.1. The Morgan fingerprint density at radius 2 is 1.77 bits per heavy atom. The van der Waals surface area contributed by atoms with Crippen molar-refractivity contribution in [1.82, 2.24) is 0 Å². The standard InChI is InChI=1S/C14H28O6Si2/c1-8-10-11(15)14(18,13(17)19-12(16)9-2)22(6,7)20-21(3,4)5/h9,11,15,18H,2,8,10H2,1,3-7H3. The molecule has 8 heteroatoms. The number of hydrogen-bond acceptors (Lipinski definition) is 6. The van der Waals surface area contributed by atoms with Gasteiger partial charge in [0.05, 0.1) is 6.10 Å². The molecule has 2 unspecified atom stereocenters. The maximum absolute atomic E-state index is 12.4. The molecular formula is C14H28O6Si2. The predicted octanol–water partition coefficient (Wildman–Crippen LogP) is 1.73. The Balaban J connectivity index is 5.73. The quantitative estimate of drug-likeness (QED) is 0.300. The van der Waals surface area contributed by atoms with Crippen molar-refractivity contribution in [2.75, 3.05) is 0 Å². The van der Waals surface area contributed by atoms with Gasteiger partial charge in [0.25, 0.3) is 0 Å². The lowest BCUT2D eigenvalue weighted by Gasteiger charge is -2.44. The van der Waals surface area contributed by atoms with Crippen LogP contribution in [0.15, 0.2) is 12.7 Å². The molecule has 0 heterocycles. The summed E-state index contributed by atoms with van der Waals surface area (Å²) in [5, 5.41) is 19.1. The molecule has 128 valence electrons.